The molecule has 0 unspecified atom stereocenters. The molecular formula is C9H14ClN3O5. The van der Waals surface area contributed by atoms with Crippen molar-refractivity contribution in [2.24, 2.45) is 5.73 Å². The standard InChI is InChI=1S/C9H13N3O5.ClH/c1-16-4-6-5(7(13)17-2)3-12(8(10)14)9(15)11-6;/h3-4H2,1-2H3,(H2,10,14)(H,11,15);1H. The van der Waals surface area contributed by atoms with Crippen molar-refractivity contribution in [2.75, 3.05) is 27.4 Å². The molecule has 1 aliphatic rings. The number of carbonyl (C=O) groups is 3. The maximum Gasteiger partial charge on any atom is 0.337 e. The van der Waals surface area contributed by atoms with Crippen molar-refractivity contribution in [2.45, 2.75) is 0 Å². The number of carbonyl (C=O) groups excluding carboxylic acids is 3. The van der Waals surface area contributed by atoms with Crippen LogP contribution >= 0.6 is 12.4 Å². The summed E-state index contributed by atoms with van der Waals surface area (Å²) in [6.45, 7) is -0.199. The zero-order valence-electron chi connectivity index (χ0n) is 9.89. The number of methoxy groups -OCH3 is 2. The number of imide groups is 1. The first kappa shape index (κ1) is 16.2. The molecular weight excluding hydrogens is 266 g/mol. The third kappa shape index (κ3) is 3.34. The van der Waals surface area contributed by atoms with Crippen molar-refractivity contribution in [3.63, 3.8) is 0 Å². The molecule has 0 aromatic carbocycles. The Morgan fingerprint density at radius 1 is 1.44 bits per heavy atom. The summed E-state index contributed by atoms with van der Waals surface area (Å²) in [6, 6.07) is -1.64. The number of ether oxygens (including phenoxy) is 2. The Bertz CT molecular complexity index is 396. The number of halogens is 1. The minimum Gasteiger partial charge on any atom is -0.466 e. The van der Waals surface area contributed by atoms with Gasteiger partial charge in [-0.2, -0.15) is 0 Å². The summed E-state index contributed by atoms with van der Waals surface area (Å²) < 4.78 is 9.38. The van der Waals surface area contributed by atoms with Crippen LogP contribution in [0.5, 0.6) is 0 Å². The Morgan fingerprint density at radius 3 is 2.50 bits per heavy atom. The lowest BCUT2D eigenvalue weighted by atomic mass is 10.1. The van der Waals surface area contributed by atoms with Crippen LogP contribution in [-0.2, 0) is 14.3 Å². The van der Waals surface area contributed by atoms with E-state index in [0.29, 0.717) is 4.90 Å². The zero-order chi connectivity index (χ0) is 13.0. The molecule has 18 heavy (non-hydrogen) atoms. The molecule has 0 fully saturated rings. The highest BCUT2D eigenvalue weighted by Crippen LogP contribution is 2.13. The number of rotatable bonds is 3. The number of amides is 4. The van der Waals surface area contributed by atoms with E-state index in [1.54, 1.807) is 0 Å². The quantitative estimate of drug-likeness (QED) is 0.682. The molecule has 0 spiro atoms. The summed E-state index contributed by atoms with van der Waals surface area (Å²) in [5.41, 5.74) is 5.40. The first-order valence-electron chi connectivity index (χ1n) is 4.68. The van der Waals surface area contributed by atoms with Gasteiger partial charge in [0.2, 0.25) is 0 Å². The average molecular weight is 280 g/mol. The number of nitrogens with two attached hydrogens (primary N) is 1. The second-order valence-electron chi connectivity index (χ2n) is 3.24. The van der Waals surface area contributed by atoms with E-state index in [1.165, 1.54) is 14.2 Å². The normalized spacial score (nSPS) is 14.8. The van der Waals surface area contributed by atoms with Gasteiger partial charge in [-0.05, 0) is 0 Å². The molecule has 1 heterocycles. The first-order valence-corrected chi connectivity index (χ1v) is 4.68. The lowest BCUT2D eigenvalue weighted by Gasteiger charge is -2.27. The van der Waals surface area contributed by atoms with Crippen LogP contribution in [0.2, 0.25) is 0 Å². The third-order valence-electron chi connectivity index (χ3n) is 2.17. The lowest BCUT2D eigenvalue weighted by Crippen LogP contribution is -2.52. The maximum absolute atomic E-state index is 11.5. The lowest BCUT2D eigenvalue weighted by molar-refractivity contribution is -0.136. The van der Waals surface area contributed by atoms with Crippen LogP contribution in [0.4, 0.5) is 9.59 Å². The van der Waals surface area contributed by atoms with Gasteiger partial charge in [0.25, 0.3) is 0 Å². The van der Waals surface area contributed by atoms with Gasteiger partial charge in [0.15, 0.2) is 0 Å². The summed E-state index contributed by atoms with van der Waals surface area (Å²) in [6.07, 6.45) is 0. The Labute approximate surface area is 109 Å². The van der Waals surface area contributed by atoms with Crippen molar-refractivity contribution in [1.82, 2.24) is 10.2 Å². The molecule has 0 aromatic heterocycles. The predicted molar refractivity (Wildman–Crippen MR) is 63.0 cm³/mol. The van der Waals surface area contributed by atoms with Crippen LogP contribution in [0.3, 0.4) is 0 Å². The van der Waals surface area contributed by atoms with Gasteiger partial charge in [-0.3, -0.25) is 0 Å². The fourth-order valence-electron chi connectivity index (χ4n) is 1.35. The Morgan fingerprint density at radius 2 is 2.06 bits per heavy atom. The summed E-state index contributed by atoms with van der Waals surface area (Å²) >= 11 is 0. The van der Waals surface area contributed by atoms with E-state index in [0.717, 1.165) is 0 Å². The molecule has 0 saturated heterocycles. The Hall–Kier alpha value is -1.80. The van der Waals surface area contributed by atoms with Gasteiger partial charge >= 0.3 is 18.0 Å². The monoisotopic (exact) mass is 279 g/mol. The SMILES string of the molecule is COCC1=C(C(=O)OC)CN(C(N)=O)C(=O)N1.Cl. The summed E-state index contributed by atoms with van der Waals surface area (Å²) in [7, 11) is 2.61. The summed E-state index contributed by atoms with van der Waals surface area (Å²) in [5, 5.41) is 2.35. The van der Waals surface area contributed by atoms with Crippen LogP contribution in [0.15, 0.2) is 11.3 Å². The van der Waals surface area contributed by atoms with Gasteiger partial charge in [0.05, 0.1) is 31.5 Å². The van der Waals surface area contributed by atoms with E-state index in [4.69, 9.17) is 10.5 Å². The maximum atomic E-state index is 11.5. The van der Waals surface area contributed by atoms with Gasteiger partial charge < -0.3 is 20.5 Å². The Kier molecular flexibility index (Phi) is 6.14. The van der Waals surface area contributed by atoms with Gasteiger partial charge in [0.1, 0.15) is 0 Å². The van der Waals surface area contributed by atoms with Crippen molar-refractivity contribution >= 4 is 30.4 Å². The largest absolute Gasteiger partial charge is 0.466 e. The zero-order valence-corrected chi connectivity index (χ0v) is 10.7. The summed E-state index contributed by atoms with van der Waals surface area (Å²) in [4.78, 5) is 34.6. The fourth-order valence-corrected chi connectivity index (χ4v) is 1.35. The molecule has 8 nitrogen and oxygen atoms in total. The topological polar surface area (TPSA) is 111 Å². The molecule has 1 aliphatic heterocycles. The molecule has 0 aromatic rings. The molecule has 102 valence electrons. The molecule has 1 rings (SSSR count). The van der Waals surface area contributed by atoms with Crippen molar-refractivity contribution < 1.29 is 23.9 Å². The number of esters is 1. The minimum atomic E-state index is -0.944. The average Bonchev–Trinajstić information content (AvgIpc) is 2.28. The predicted octanol–water partition coefficient (Wildman–Crippen LogP) is -0.414. The van der Waals surface area contributed by atoms with Crippen LogP contribution in [0, 0.1) is 0 Å². The highest BCUT2D eigenvalue weighted by atomic mass is 35.5. The van der Waals surface area contributed by atoms with E-state index < -0.39 is 18.0 Å². The van der Waals surface area contributed by atoms with Gasteiger partial charge in [-0.1, -0.05) is 0 Å². The molecule has 0 bridgehead atoms. The van der Waals surface area contributed by atoms with E-state index in [2.05, 4.69) is 10.1 Å². The smallest absolute Gasteiger partial charge is 0.337 e. The molecule has 3 N–H and O–H groups in total. The fraction of sp³-hybridized carbons (Fsp3) is 0.444. The molecule has 9 heteroatoms. The van der Waals surface area contributed by atoms with Crippen molar-refractivity contribution in [1.29, 1.82) is 0 Å². The van der Waals surface area contributed by atoms with Gasteiger partial charge in [-0.25, -0.2) is 19.3 Å². The molecule has 0 saturated carbocycles. The molecule has 4 amide bonds. The number of primary amides is 1. The highest BCUT2D eigenvalue weighted by Gasteiger charge is 2.31. The molecule has 0 aliphatic carbocycles. The number of hydrogen-bond acceptors (Lipinski definition) is 5. The van der Waals surface area contributed by atoms with Crippen LogP contribution in [-0.4, -0.2) is 50.3 Å². The van der Waals surface area contributed by atoms with E-state index >= 15 is 0 Å². The van der Waals surface area contributed by atoms with Crippen molar-refractivity contribution in [3.8, 4) is 0 Å². The third-order valence-corrected chi connectivity index (χ3v) is 2.17. The van der Waals surface area contributed by atoms with Crippen LogP contribution in [0.25, 0.3) is 0 Å². The first-order chi connectivity index (χ1) is 8.01. The molecule has 0 radical (unpaired) electrons. The van der Waals surface area contributed by atoms with Crippen LogP contribution in [0.1, 0.15) is 0 Å². The van der Waals surface area contributed by atoms with Gasteiger partial charge in [-0.15, -0.1) is 12.4 Å². The number of hydrogen-bond donors (Lipinski definition) is 2. The number of urea groups is 2. The number of nitrogens with one attached hydrogen (secondary N) is 1. The van der Waals surface area contributed by atoms with E-state index in [9.17, 15) is 14.4 Å². The van der Waals surface area contributed by atoms with Crippen LogP contribution < -0.4 is 11.1 Å². The van der Waals surface area contributed by atoms with Gasteiger partial charge in [0, 0.05) is 7.11 Å². The van der Waals surface area contributed by atoms with E-state index in [1.807, 2.05) is 0 Å². The summed E-state index contributed by atoms with van der Waals surface area (Å²) in [5.74, 6) is -0.650. The minimum absolute atomic E-state index is 0. The second kappa shape index (κ2) is 6.82. The van der Waals surface area contributed by atoms with Crippen molar-refractivity contribution in [3.05, 3.63) is 11.3 Å². The number of nitrogens with zero attached hydrogens (tertiary/aromatic N) is 1. The van der Waals surface area contributed by atoms with E-state index in [-0.39, 0.29) is 36.8 Å². The second-order valence-corrected chi connectivity index (χ2v) is 3.24. The highest BCUT2D eigenvalue weighted by molar-refractivity contribution is 5.99. The molecule has 0 atom stereocenters. The Balaban J connectivity index is 0.00000289.